The molecule has 1 amide bonds. The van der Waals surface area contributed by atoms with Gasteiger partial charge >= 0.3 is 0 Å². The topological polar surface area (TPSA) is 55.6 Å². The molecule has 1 aromatic rings. The van der Waals surface area contributed by atoms with E-state index >= 15 is 0 Å². The minimum Gasteiger partial charge on any atom is -0.484 e. The maximum Gasteiger partial charge on any atom is 0.260 e. The second kappa shape index (κ2) is 7.53. The Morgan fingerprint density at radius 2 is 2.00 bits per heavy atom. The van der Waals surface area contributed by atoms with E-state index in [0.717, 1.165) is 19.5 Å². The van der Waals surface area contributed by atoms with Crippen molar-refractivity contribution in [2.24, 2.45) is 17.6 Å². The molecule has 6 heteroatoms. The van der Waals surface area contributed by atoms with Crippen molar-refractivity contribution in [2.75, 3.05) is 19.7 Å². The molecule has 22 heavy (non-hydrogen) atoms. The second-order valence-electron chi connectivity index (χ2n) is 6.06. The van der Waals surface area contributed by atoms with Gasteiger partial charge in [0.15, 0.2) is 6.61 Å². The summed E-state index contributed by atoms with van der Waals surface area (Å²) >= 11 is 5.82. The van der Waals surface area contributed by atoms with E-state index in [9.17, 15) is 4.79 Å². The fraction of sp³-hybridized carbons (Fsp3) is 0.562. The summed E-state index contributed by atoms with van der Waals surface area (Å²) in [6, 6.07) is 7.30. The molecule has 1 aliphatic carbocycles. The van der Waals surface area contributed by atoms with Gasteiger partial charge in [-0.2, -0.15) is 0 Å². The number of nitrogens with zero attached hydrogens (tertiary/aromatic N) is 1. The summed E-state index contributed by atoms with van der Waals surface area (Å²) in [5.41, 5.74) is 6.18. The van der Waals surface area contributed by atoms with E-state index < -0.39 is 0 Å². The summed E-state index contributed by atoms with van der Waals surface area (Å²) < 4.78 is 5.53. The highest BCUT2D eigenvalue weighted by molar-refractivity contribution is 6.30. The largest absolute Gasteiger partial charge is 0.484 e. The molecule has 1 heterocycles. The minimum absolute atomic E-state index is 0. The zero-order valence-corrected chi connectivity index (χ0v) is 14.0. The number of benzene rings is 1. The summed E-state index contributed by atoms with van der Waals surface area (Å²) in [4.78, 5) is 14.2. The van der Waals surface area contributed by atoms with E-state index in [-0.39, 0.29) is 31.0 Å². The Bertz CT molecular complexity index is 509. The monoisotopic (exact) mass is 344 g/mol. The van der Waals surface area contributed by atoms with Crippen LogP contribution in [0.3, 0.4) is 0 Å². The lowest BCUT2D eigenvalue weighted by Gasteiger charge is -2.29. The van der Waals surface area contributed by atoms with Crippen molar-refractivity contribution in [3.8, 4) is 5.75 Å². The number of nitrogens with two attached hydrogens (primary N) is 1. The molecule has 2 N–H and O–H groups in total. The summed E-state index contributed by atoms with van der Waals surface area (Å²) in [6.07, 6.45) is 3.47. The molecule has 122 valence electrons. The van der Waals surface area contributed by atoms with Crippen molar-refractivity contribution in [2.45, 2.75) is 25.3 Å². The molecule has 0 radical (unpaired) electrons. The lowest BCUT2D eigenvalue weighted by Crippen LogP contribution is -2.39. The van der Waals surface area contributed by atoms with Gasteiger partial charge in [0.2, 0.25) is 0 Å². The molecule has 2 aliphatic rings. The Morgan fingerprint density at radius 3 is 2.68 bits per heavy atom. The number of amides is 1. The molecule has 3 atom stereocenters. The van der Waals surface area contributed by atoms with Crippen LogP contribution in [0, 0.1) is 11.8 Å². The molecule has 4 nitrogen and oxygen atoms in total. The Balaban J connectivity index is 0.00000176. The number of ether oxygens (including phenoxy) is 1. The van der Waals surface area contributed by atoms with Crippen molar-refractivity contribution in [3.63, 3.8) is 0 Å². The van der Waals surface area contributed by atoms with Crippen LogP contribution in [0.1, 0.15) is 19.3 Å². The Kier molecular flexibility index (Phi) is 5.95. The Hall–Kier alpha value is -0.970. The molecule has 2 fully saturated rings. The first-order chi connectivity index (χ1) is 10.1. The predicted octanol–water partition coefficient (Wildman–Crippen LogP) is 2.73. The number of fused-ring (bicyclic) bond motifs is 1. The van der Waals surface area contributed by atoms with E-state index in [1.54, 1.807) is 24.3 Å². The SMILES string of the molecule is Cl.NC1CCCC2CN(C(=O)COc3ccc(Cl)cc3)CC12. The van der Waals surface area contributed by atoms with Gasteiger partial charge in [0.05, 0.1) is 0 Å². The van der Waals surface area contributed by atoms with Crippen LogP contribution in [-0.2, 0) is 4.79 Å². The first-order valence-electron chi connectivity index (χ1n) is 7.55. The van der Waals surface area contributed by atoms with Crippen molar-refractivity contribution >= 4 is 29.9 Å². The maximum atomic E-state index is 12.3. The standard InChI is InChI=1S/C16H21ClN2O2.ClH/c17-12-4-6-13(7-5-12)21-10-16(20)19-8-11-2-1-3-15(18)14(11)9-19;/h4-7,11,14-15H,1-3,8-10,18H2;1H. The van der Waals surface area contributed by atoms with Gasteiger partial charge in [0, 0.05) is 24.2 Å². The normalized spacial score (nSPS) is 27.0. The number of hydrogen-bond acceptors (Lipinski definition) is 3. The van der Waals surface area contributed by atoms with Crippen LogP contribution in [-0.4, -0.2) is 36.5 Å². The van der Waals surface area contributed by atoms with E-state index in [2.05, 4.69) is 0 Å². The predicted molar refractivity (Wildman–Crippen MR) is 89.6 cm³/mol. The molecule has 3 rings (SSSR count). The zero-order valence-electron chi connectivity index (χ0n) is 12.4. The van der Waals surface area contributed by atoms with Crippen LogP contribution < -0.4 is 10.5 Å². The molecular formula is C16H22Cl2N2O2. The van der Waals surface area contributed by atoms with Crippen molar-refractivity contribution < 1.29 is 9.53 Å². The van der Waals surface area contributed by atoms with Gasteiger partial charge in [0.25, 0.3) is 5.91 Å². The van der Waals surface area contributed by atoms with E-state index in [4.69, 9.17) is 22.1 Å². The molecular weight excluding hydrogens is 323 g/mol. The van der Waals surface area contributed by atoms with Crippen LogP contribution in [0.4, 0.5) is 0 Å². The number of halogens is 2. The zero-order chi connectivity index (χ0) is 14.8. The van der Waals surface area contributed by atoms with Gasteiger partial charge < -0.3 is 15.4 Å². The van der Waals surface area contributed by atoms with Crippen LogP contribution in [0.5, 0.6) is 5.75 Å². The fourth-order valence-corrected chi connectivity index (χ4v) is 3.61. The second-order valence-corrected chi connectivity index (χ2v) is 6.50. The third-order valence-corrected chi connectivity index (χ3v) is 4.93. The summed E-state index contributed by atoms with van der Waals surface area (Å²) in [6.45, 7) is 1.70. The summed E-state index contributed by atoms with van der Waals surface area (Å²) in [5, 5.41) is 0.659. The minimum atomic E-state index is 0. The molecule has 3 unspecified atom stereocenters. The smallest absolute Gasteiger partial charge is 0.260 e. The van der Waals surface area contributed by atoms with Gasteiger partial charge in [-0.1, -0.05) is 18.0 Å². The molecule has 1 saturated heterocycles. The molecule has 0 spiro atoms. The van der Waals surface area contributed by atoms with E-state index in [1.807, 2.05) is 4.90 Å². The number of carbonyl (C=O) groups is 1. The van der Waals surface area contributed by atoms with Gasteiger partial charge in [0.1, 0.15) is 5.75 Å². The molecule has 1 aromatic carbocycles. The van der Waals surface area contributed by atoms with Crippen LogP contribution in [0.15, 0.2) is 24.3 Å². The summed E-state index contributed by atoms with van der Waals surface area (Å²) in [7, 11) is 0. The van der Waals surface area contributed by atoms with Gasteiger partial charge in [-0.3, -0.25) is 4.79 Å². The third-order valence-electron chi connectivity index (χ3n) is 4.68. The van der Waals surface area contributed by atoms with Gasteiger partial charge in [-0.05, 0) is 48.9 Å². The van der Waals surface area contributed by atoms with Crippen molar-refractivity contribution in [1.82, 2.24) is 4.90 Å². The maximum absolute atomic E-state index is 12.3. The first-order valence-corrected chi connectivity index (χ1v) is 7.93. The van der Waals surface area contributed by atoms with Crippen LogP contribution >= 0.6 is 24.0 Å². The van der Waals surface area contributed by atoms with Gasteiger partial charge in [-0.25, -0.2) is 0 Å². The lowest BCUT2D eigenvalue weighted by atomic mass is 9.78. The first kappa shape index (κ1) is 17.4. The van der Waals surface area contributed by atoms with Crippen molar-refractivity contribution in [3.05, 3.63) is 29.3 Å². The average molecular weight is 345 g/mol. The van der Waals surface area contributed by atoms with Crippen molar-refractivity contribution in [1.29, 1.82) is 0 Å². The lowest BCUT2D eigenvalue weighted by molar-refractivity contribution is -0.132. The van der Waals surface area contributed by atoms with Crippen LogP contribution in [0.2, 0.25) is 5.02 Å². The highest BCUT2D eigenvalue weighted by atomic mass is 35.5. The molecule has 1 saturated carbocycles. The highest BCUT2D eigenvalue weighted by Crippen LogP contribution is 2.35. The molecule has 0 bridgehead atoms. The Morgan fingerprint density at radius 1 is 1.27 bits per heavy atom. The van der Waals surface area contributed by atoms with Gasteiger partial charge in [-0.15, -0.1) is 12.4 Å². The van der Waals surface area contributed by atoms with E-state index in [1.165, 1.54) is 12.8 Å². The fourth-order valence-electron chi connectivity index (χ4n) is 3.49. The number of hydrogen-bond donors (Lipinski definition) is 1. The summed E-state index contributed by atoms with van der Waals surface area (Å²) in [5.74, 6) is 1.76. The molecule has 1 aliphatic heterocycles. The highest BCUT2D eigenvalue weighted by Gasteiger charge is 2.40. The quantitative estimate of drug-likeness (QED) is 0.917. The van der Waals surface area contributed by atoms with Crippen LogP contribution in [0.25, 0.3) is 0 Å². The molecule has 0 aromatic heterocycles. The Labute approximate surface area is 142 Å². The average Bonchev–Trinajstić information content (AvgIpc) is 2.92. The van der Waals surface area contributed by atoms with E-state index in [0.29, 0.717) is 22.6 Å². The number of carbonyl (C=O) groups excluding carboxylic acids is 1. The third kappa shape index (κ3) is 3.86. The number of rotatable bonds is 3. The number of likely N-dealkylation sites (tertiary alicyclic amines) is 1.